The van der Waals surface area contributed by atoms with Crippen molar-refractivity contribution < 1.29 is 0 Å². The van der Waals surface area contributed by atoms with Crippen molar-refractivity contribution in [1.82, 2.24) is 9.97 Å². The maximum atomic E-state index is 5.66. The number of aromatic nitrogens is 2. The van der Waals surface area contributed by atoms with Gasteiger partial charge < -0.3 is 10.6 Å². The highest BCUT2D eigenvalue weighted by molar-refractivity contribution is 5.34. The molecule has 0 aliphatic carbocycles. The van der Waals surface area contributed by atoms with Crippen molar-refractivity contribution in [1.29, 1.82) is 0 Å². The molecule has 0 saturated carbocycles. The van der Waals surface area contributed by atoms with Crippen LogP contribution in [0.3, 0.4) is 0 Å². The van der Waals surface area contributed by atoms with Crippen LogP contribution in [0.4, 0.5) is 5.95 Å². The van der Waals surface area contributed by atoms with Crippen LogP contribution in [0.2, 0.25) is 0 Å². The molecule has 1 atom stereocenters. The topological polar surface area (TPSA) is 55.0 Å². The zero-order valence-corrected chi connectivity index (χ0v) is 11.5. The van der Waals surface area contributed by atoms with Gasteiger partial charge in [-0.3, -0.25) is 0 Å². The van der Waals surface area contributed by atoms with Gasteiger partial charge in [-0.1, -0.05) is 19.8 Å². The van der Waals surface area contributed by atoms with Crippen LogP contribution in [0.5, 0.6) is 0 Å². The molecule has 1 aliphatic heterocycles. The van der Waals surface area contributed by atoms with E-state index >= 15 is 0 Å². The fourth-order valence-corrected chi connectivity index (χ4v) is 2.68. The highest BCUT2D eigenvalue weighted by Crippen LogP contribution is 2.23. The Morgan fingerprint density at radius 2 is 2.22 bits per heavy atom. The van der Waals surface area contributed by atoms with E-state index < -0.39 is 0 Å². The van der Waals surface area contributed by atoms with E-state index in [-0.39, 0.29) is 0 Å². The van der Waals surface area contributed by atoms with Gasteiger partial charge in [0, 0.05) is 36.6 Å². The third-order valence-corrected chi connectivity index (χ3v) is 3.89. The second-order valence-corrected chi connectivity index (χ2v) is 5.09. The molecule has 1 aromatic rings. The van der Waals surface area contributed by atoms with Crippen molar-refractivity contribution in [2.24, 2.45) is 5.73 Å². The molecule has 4 nitrogen and oxygen atoms in total. The van der Waals surface area contributed by atoms with Crippen LogP contribution in [0, 0.1) is 6.92 Å². The summed E-state index contributed by atoms with van der Waals surface area (Å²) in [6, 6.07) is 0.593. The Labute approximate surface area is 110 Å². The molecule has 1 aromatic heterocycles. The first-order valence-corrected chi connectivity index (χ1v) is 7.05. The number of hydrogen-bond acceptors (Lipinski definition) is 4. The molecule has 1 aliphatic rings. The number of anilines is 1. The molecule has 18 heavy (non-hydrogen) atoms. The van der Waals surface area contributed by atoms with Gasteiger partial charge in [-0.25, -0.2) is 9.97 Å². The summed E-state index contributed by atoms with van der Waals surface area (Å²) in [6.45, 7) is 5.87. The second-order valence-electron chi connectivity index (χ2n) is 5.09. The van der Waals surface area contributed by atoms with E-state index in [1.807, 2.05) is 13.1 Å². The Bertz CT molecular complexity index is 391. The maximum absolute atomic E-state index is 5.66. The van der Waals surface area contributed by atoms with Crippen molar-refractivity contribution in [3.05, 3.63) is 17.5 Å². The summed E-state index contributed by atoms with van der Waals surface area (Å²) in [5.74, 6) is 0.887. The Morgan fingerprint density at radius 1 is 1.39 bits per heavy atom. The van der Waals surface area contributed by atoms with E-state index in [0.717, 1.165) is 23.8 Å². The Balaban J connectivity index is 2.24. The van der Waals surface area contributed by atoms with Gasteiger partial charge in [-0.05, 0) is 26.2 Å². The van der Waals surface area contributed by atoms with Crippen LogP contribution < -0.4 is 10.6 Å². The molecule has 0 bridgehead atoms. The van der Waals surface area contributed by atoms with Gasteiger partial charge in [0.2, 0.25) is 5.95 Å². The van der Waals surface area contributed by atoms with Gasteiger partial charge >= 0.3 is 0 Å². The van der Waals surface area contributed by atoms with Gasteiger partial charge in [0.1, 0.15) is 0 Å². The van der Waals surface area contributed by atoms with Crippen LogP contribution >= 0.6 is 0 Å². The SMILES string of the molecule is CCC1CCCCCN1c1ncc(CN)c(C)n1. The van der Waals surface area contributed by atoms with E-state index in [1.54, 1.807) is 0 Å². The van der Waals surface area contributed by atoms with Crippen molar-refractivity contribution >= 4 is 5.95 Å². The van der Waals surface area contributed by atoms with Crippen LogP contribution in [0.1, 0.15) is 50.3 Å². The van der Waals surface area contributed by atoms with Crippen LogP contribution in [-0.2, 0) is 6.54 Å². The van der Waals surface area contributed by atoms with E-state index in [1.165, 1.54) is 32.1 Å². The summed E-state index contributed by atoms with van der Waals surface area (Å²) in [5, 5.41) is 0. The largest absolute Gasteiger partial charge is 0.338 e. The zero-order chi connectivity index (χ0) is 13.0. The first-order chi connectivity index (χ1) is 8.76. The number of nitrogens with two attached hydrogens (primary N) is 1. The summed E-state index contributed by atoms with van der Waals surface area (Å²) in [5.41, 5.74) is 7.72. The smallest absolute Gasteiger partial charge is 0.225 e. The number of rotatable bonds is 3. The standard InChI is InChI=1S/C14H24N4/c1-3-13-7-5-4-6-8-18(13)14-16-10-12(9-15)11(2)17-14/h10,13H,3-9,15H2,1-2H3. The molecule has 1 saturated heterocycles. The highest BCUT2D eigenvalue weighted by Gasteiger charge is 2.22. The van der Waals surface area contributed by atoms with Gasteiger partial charge in [0.25, 0.3) is 0 Å². The number of nitrogens with zero attached hydrogens (tertiary/aromatic N) is 3. The molecule has 0 spiro atoms. The lowest BCUT2D eigenvalue weighted by atomic mass is 10.1. The zero-order valence-electron chi connectivity index (χ0n) is 11.5. The summed E-state index contributed by atoms with van der Waals surface area (Å²) in [7, 11) is 0. The summed E-state index contributed by atoms with van der Waals surface area (Å²) in [6.07, 6.45) is 8.22. The lowest BCUT2D eigenvalue weighted by Crippen LogP contribution is -2.36. The van der Waals surface area contributed by atoms with Crippen molar-refractivity contribution in [3.8, 4) is 0 Å². The highest BCUT2D eigenvalue weighted by atomic mass is 15.3. The van der Waals surface area contributed by atoms with E-state index in [2.05, 4.69) is 21.8 Å². The number of hydrogen-bond donors (Lipinski definition) is 1. The maximum Gasteiger partial charge on any atom is 0.225 e. The Kier molecular flexibility index (Phi) is 4.53. The van der Waals surface area contributed by atoms with E-state index in [9.17, 15) is 0 Å². The quantitative estimate of drug-likeness (QED) is 0.892. The molecule has 2 N–H and O–H groups in total. The fraction of sp³-hybridized carbons (Fsp3) is 0.714. The van der Waals surface area contributed by atoms with Crippen LogP contribution in [0.25, 0.3) is 0 Å². The molecule has 1 fully saturated rings. The second kappa shape index (κ2) is 6.14. The van der Waals surface area contributed by atoms with Crippen molar-refractivity contribution in [2.45, 2.75) is 58.5 Å². The third kappa shape index (κ3) is 2.80. The average Bonchev–Trinajstić information content (AvgIpc) is 2.63. The first kappa shape index (κ1) is 13.3. The lowest BCUT2D eigenvalue weighted by molar-refractivity contribution is 0.546. The molecule has 0 aromatic carbocycles. The molecular formula is C14H24N4. The van der Waals surface area contributed by atoms with E-state index in [0.29, 0.717) is 12.6 Å². The fourth-order valence-electron chi connectivity index (χ4n) is 2.68. The Morgan fingerprint density at radius 3 is 2.89 bits per heavy atom. The predicted molar refractivity (Wildman–Crippen MR) is 74.6 cm³/mol. The first-order valence-electron chi connectivity index (χ1n) is 7.05. The van der Waals surface area contributed by atoms with E-state index in [4.69, 9.17) is 5.73 Å². The molecule has 100 valence electrons. The van der Waals surface area contributed by atoms with Crippen molar-refractivity contribution in [2.75, 3.05) is 11.4 Å². The minimum atomic E-state index is 0.517. The molecule has 1 unspecified atom stereocenters. The minimum absolute atomic E-state index is 0.517. The lowest BCUT2D eigenvalue weighted by Gasteiger charge is -2.29. The molecule has 4 heteroatoms. The molecule has 0 radical (unpaired) electrons. The summed E-state index contributed by atoms with van der Waals surface area (Å²) >= 11 is 0. The van der Waals surface area contributed by atoms with Gasteiger partial charge in [0.15, 0.2) is 0 Å². The molecular weight excluding hydrogens is 224 g/mol. The van der Waals surface area contributed by atoms with Gasteiger partial charge in [-0.15, -0.1) is 0 Å². The monoisotopic (exact) mass is 248 g/mol. The summed E-state index contributed by atoms with van der Waals surface area (Å²) in [4.78, 5) is 11.5. The molecule has 0 amide bonds. The molecule has 2 heterocycles. The average molecular weight is 248 g/mol. The Hall–Kier alpha value is -1.16. The van der Waals surface area contributed by atoms with Crippen molar-refractivity contribution in [3.63, 3.8) is 0 Å². The van der Waals surface area contributed by atoms with Crippen LogP contribution in [-0.4, -0.2) is 22.6 Å². The molecule has 2 rings (SSSR count). The third-order valence-electron chi connectivity index (χ3n) is 3.89. The minimum Gasteiger partial charge on any atom is -0.338 e. The van der Waals surface area contributed by atoms with Crippen LogP contribution in [0.15, 0.2) is 6.20 Å². The summed E-state index contributed by atoms with van der Waals surface area (Å²) < 4.78 is 0. The predicted octanol–water partition coefficient (Wildman–Crippen LogP) is 2.40. The van der Waals surface area contributed by atoms with Gasteiger partial charge in [0.05, 0.1) is 0 Å². The number of aryl methyl sites for hydroxylation is 1. The normalized spacial score (nSPS) is 20.8. The van der Waals surface area contributed by atoms with Gasteiger partial charge in [-0.2, -0.15) is 0 Å².